The molecule has 17 nitrogen and oxygen atoms in total. The molecule has 1 aromatic carbocycles. The van der Waals surface area contributed by atoms with E-state index >= 15 is 4.79 Å². The summed E-state index contributed by atoms with van der Waals surface area (Å²) in [5.41, 5.74) is -1.58. The Morgan fingerprint density at radius 3 is 2.54 bits per heavy atom. The number of ether oxygens (including phenoxy) is 5. The van der Waals surface area contributed by atoms with E-state index in [1.165, 1.54) is 16.0 Å². The molecule has 322 valence electrons. The molecule has 4 heterocycles. The lowest BCUT2D eigenvalue weighted by Gasteiger charge is -2.43. The minimum Gasteiger partial charge on any atom is -0.497 e. The van der Waals surface area contributed by atoms with Gasteiger partial charge < -0.3 is 39.0 Å². The van der Waals surface area contributed by atoms with Crippen LogP contribution in [0.4, 0.5) is 4.79 Å². The SMILES string of the molecule is COCCOc1cnc(O[C@@H]2C[C@H]3C(=O)N[C@]4(C(=O)NS(=O)(=O)C5(C)CC5)C[C@H]4C=CCC[C@H](C)C[C@@H](C)[C@H](N(C(=O)O)C4COC4)C(=O)N3C2)c2ccc(OC)cc12. The summed E-state index contributed by atoms with van der Waals surface area (Å²) in [6.07, 6.45) is 6.07. The number of allylic oxidation sites excluding steroid dienone is 1. The number of amides is 4. The summed E-state index contributed by atoms with van der Waals surface area (Å²) in [6.45, 7) is 6.26. The molecule has 2 aliphatic carbocycles. The third-order valence-electron chi connectivity index (χ3n) is 12.6. The fourth-order valence-corrected chi connectivity index (χ4v) is 9.87. The molecule has 4 amide bonds. The van der Waals surface area contributed by atoms with Gasteiger partial charge in [0.15, 0.2) is 0 Å². The summed E-state index contributed by atoms with van der Waals surface area (Å²) < 4.78 is 56.2. The molecule has 0 bridgehead atoms. The number of nitrogens with zero attached hydrogens (tertiary/aromatic N) is 3. The van der Waals surface area contributed by atoms with Gasteiger partial charge in [-0.1, -0.05) is 26.0 Å². The number of rotatable bonds is 12. The second kappa shape index (κ2) is 16.8. The molecule has 1 aromatic heterocycles. The van der Waals surface area contributed by atoms with E-state index in [4.69, 9.17) is 23.7 Å². The van der Waals surface area contributed by atoms with Gasteiger partial charge in [0, 0.05) is 30.2 Å². The second-order valence-corrected chi connectivity index (χ2v) is 19.2. The lowest BCUT2D eigenvalue weighted by atomic mass is 9.86. The van der Waals surface area contributed by atoms with Gasteiger partial charge in [-0.25, -0.2) is 18.2 Å². The van der Waals surface area contributed by atoms with Crippen molar-refractivity contribution >= 4 is 44.6 Å². The van der Waals surface area contributed by atoms with Crippen molar-refractivity contribution in [3.8, 4) is 17.4 Å². The van der Waals surface area contributed by atoms with Gasteiger partial charge >= 0.3 is 6.09 Å². The molecule has 59 heavy (non-hydrogen) atoms. The van der Waals surface area contributed by atoms with Gasteiger partial charge in [-0.15, -0.1) is 0 Å². The maximum Gasteiger partial charge on any atom is 0.408 e. The zero-order valence-electron chi connectivity index (χ0n) is 34.2. The number of hydrogen-bond acceptors (Lipinski definition) is 12. The van der Waals surface area contributed by atoms with E-state index in [2.05, 4.69) is 15.0 Å². The Bertz CT molecular complexity index is 2090. The first-order valence-electron chi connectivity index (χ1n) is 20.3. The van der Waals surface area contributed by atoms with Gasteiger partial charge in [0.25, 0.3) is 5.91 Å². The molecule has 0 radical (unpaired) electrons. The number of sulfonamides is 1. The first kappa shape index (κ1) is 42.4. The van der Waals surface area contributed by atoms with Gasteiger partial charge in [-0.05, 0) is 75.5 Å². The van der Waals surface area contributed by atoms with E-state index in [1.807, 2.05) is 26.0 Å². The van der Waals surface area contributed by atoms with Crippen molar-refractivity contribution in [2.75, 3.05) is 47.2 Å². The van der Waals surface area contributed by atoms with Crippen molar-refractivity contribution in [3.63, 3.8) is 0 Å². The highest BCUT2D eigenvalue weighted by atomic mass is 32.2. The molecular formula is C41H55N5O12S. The molecule has 7 atom stereocenters. The third kappa shape index (κ3) is 8.53. The molecule has 0 spiro atoms. The van der Waals surface area contributed by atoms with Crippen LogP contribution in [0.2, 0.25) is 0 Å². The number of methoxy groups -OCH3 is 2. The number of fused-ring (bicyclic) bond motifs is 3. The third-order valence-corrected chi connectivity index (χ3v) is 14.7. The minimum atomic E-state index is -4.04. The number of carbonyl (C=O) groups excluding carboxylic acids is 3. The lowest BCUT2D eigenvalue weighted by molar-refractivity contribution is -0.149. The minimum absolute atomic E-state index is 0.0331. The summed E-state index contributed by atoms with van der Waals surface area (Å²) in [7, 11) is -0.921. The van der Waals surface area contributed by atoms with E-state index in [1.54, 1.807) is 39.3 Å². The van der Waals surface area contributed by atoms with Crippen molar-refractivity contribution in [2.24, 2.45) is 17.8 Å². The van der Waals surface area contributed by atoms with Crippen molar-refractivity contribution in [1.29, 1.82) is 0 Å². The van der Waals surface area contributed by atoms with Gasteiger partial charge in [0.05, 0.1) is 50.5 Å². The number of benzene rings is 1. The van der Waals surface area contributed by atoms with Crippen LogP contribution in [0.5, 0.6) is 17.4 Å². The summed E-state index contributed by atoms with van der Waals surface area (Å²) in [5, 5.41) is 14.7. The van der Waals surface area contributed by atoms with Crippen molar-refractivity contribution < 1.29 is 56.4 Å². The van der Waals surface area contributed by atoms with Crippen LogP contribution in [0.3, 0.4) is 0 Å². The number of aromatic nitrogens is 1. The van der Waals surface area contributed by atoms with Crippen LogP contribution in [0.15, 0.2) is 36.5 Å². The molecule has 4 fully saturated rings. The molecule has 2 saturated carbocycles. The number of carbonyl (C=O) groups is 4. The van der Waals surface area contributed by atoms with Gasteiger partial charge in [0.1, 0.15) is 41.8 Å². The van der Waals surface area contributed by atoms with Crippen molar-refractivity contribution in [1.82, 2.24) is 24.8 Å². The maximum absolute atomic E-state index is 15.1. The molecule has 2 aromatic rings. The first-order chi connectivity index (χ1) is 28.1. The number of pyridine rings is 1. The van der Waals surface area contributed by atoms with E-state index in [0.29, 0.717) is 54.6 Å². The highest BCUT2D eigenvalue weighted by Gasteiger charge is 2.63. The second-order valence-electron chi connectivity index (χ2n) is 17.0. The molecule has 7 rings (SSSR count). The summed E-state index contributed by atoms with van der Waals surface area (Å²) in [6, 6.07) is 2.37. The Kier molecular flexibility index (Phi) is 12.1. The number of hydrogen-bond donors (Lipinski definition) is 3. The molecule has 3 aliphatic heterocycles. The highest BCUT2D eigenvalue weighted by molar-refractivity contribution is 7.91. The monoisotopic (exact) mass is 841 g/mol. The first-order valence-corrected chi connectivity index (χ1v) is 21.8. The lowest BCUT2D eigenvalue weighted by Crippen LogP contribution is -2.63. The number of carboxylic acid groups (broad SMARTS) is 1. The van der Waals surface area contributed by atoms with Crippen LogP contribution >= 0.6 is 0 Å². The standard InChI is InChI=1S/C41H55N5O12S/c1-24-8-6-7-9-26-19-41(26,38(49)44-59(52,53)40(3)12-13-40)43-35(47)32-18-29(21-45(32)37(48)34(25(2)16-24)46(39(50)51)27-22-56-23-27)58-36-30-11-10-28(55-5)17-31(30)33(20-42-36)57-15-14-54-4/h7,9-11,17,20,24-27,29,32,34H,6,8,12-16,18-19,21-23H2,1-5H3,(H,43,47)(H,44,49)(H,50,51)/t24-,25+,26+,29+,32-,34-,41+/m0/s1. The topological polar surface area (TPSA) is 212 Å². The molecule has 5 aliphatic rings. The highest BCUT2D eigenvalue weighted by Crippen LogP contribution is 2.48. The van der Waals surface area contributed by atoms with Crippen LogP contribution in [-0.4, -0.2) is 134 Å². The Labute approximate surface area is 344 Å². The fourth-order valence-electron chi connectivity index (χ4n) is 8.56. The molecule has 2 saturated heterocycles. The Morgan fingerprint density at radius 2 is 1.88 bits per heavy atom. The summed E-state index contributed by atoms with van der Waals surface area (Å²) >= 11 is 0. The van der Waals surface area contributed by atoms with Crippen LogP contribution in [-0.2, 0) is 33.9 Å². The Balaban J connectivity index is 1.25. The quantitative estimate of drug-likeness (QED) is 0.207. The largest absolute Gasteiger partial charge is 0.497 e. The van der Waals surface area contributed by atoms with Crippen LogP contribution in [0.1, 0.15) is 65.7 Å². The van der Waals surface area contributed by atoms with Gasteiger partial charge in [0.2, 0.25) is 27.7 Å². The fraction of sp³-hybridized carbons (Fsp3) is 0.634. The van der Waals surface area contributed by atoms with E-state index in [9.17, 15) is 27.9 Å². The van der Waals surface area contributed by atoms with E-state index < -0.39 is 80.2 Å². The molecule has 3 N–H and O–H groups in total. The predicted molar refractivity (Wildman–Crippen MR) is 213 cm³/mol. The maximum atomic E-state index is 15.1. The zero-order chi connectivity index (χ0) is 42.3. The Morgan fingerprint density at radius 1 is 1.12 bits per heavy atom. The van der Waals surface area contributed by atoms with Crippen LogP contribution < -0.4 is 24.2 Å². The summed E-state index contributed by atoms with van der Waals surface area (Å²) in [4.78, 5) is 63.9. The van der Waals surface area contributed by atoms with E-state index in [-0.39, 0.29) is 51.0 Å². The normalized spacial score (nSPS) is 29.5. The zero-order valence-corrected chi connectivity index (χ0v) is 35.0. The van der Waals surface area contributed by atoms with Crippen LogP contribution in [0.25, 0.3) is 10.8 Å². The van der Waals surface area contributed by atoms with Crippen molar-refractivity contribution in [2.45, 2.75) is 100 Å². The van der Waals surface area contributed by atoms with Gasteiger partial charge in [-0.2, -0.15) is 0 Å². The number of nitrogens with one attached hydrogen (secondary N) is 2. The average molecular weight is 842 g/mol. The van der Waals surface area contributed by atoms with Crippen LogP contribution in [0, 0.1) is 17.8 Å². The van der Waals surface area contributed by atoms with E-state index in [0.717, 1.165) is 6.42 Å². The molecule has 18 heteroatoms. The predicted octanol–water partition coefficient (Wildman–Crippen LogP) is 3.25. The summed E-state index contributed by atoms with van der Waals surface area (Å²) in [5.74, 6) is -1.69. The average Bonchev–Trinajstić information content (AvgIpc) is 4.05. The van der Waals surface area contributed by atoms with Gasteiger partial charge in [-0.3, -0.25) is 24.0 Å². The molecular weight excluding hydrogens is 787 g/mol. The molecule has 0 unspecified atom stereocenters. The Hall–Kier alpha value is -4.68. The smallest absolute Gasteiger partial charge is 0.408 e. The van der Waals surface area contributed by atoms with Crippen molar-refractivity contribution in [3.05, 3.63) is 36.5 Å².